The fraction of sp³-hybridized carbons (Fsp3) is 0.786. The summed E-state index contributed by atoms with van der Waals surface area (Å²) < 4.78 is 28.8. The molecule has 0 aliphatic carbocycles. The minimum absolute atomic E-state index is 0.190. The van der Waals surface area contributed by atoms with Gasteiger partial charge >= 0.3 is 0 Å². The van der Waals surface area contributed by atoms with Crippen LogP contribution in [0, 0.1) is 0 Å². The number of aromatic nitrogens is 2. The first-order valence-corrected chi connectivity index (χ1v) is 9.43. The second kappa shape index (κ2) is 7.54. The van der Waals surface area contributed by atoms with Crippen molar-refractivity contribution in [3.05, 3.63) is 12.4 Å². The Labute approximate surface area is 133 Å². The number of sulfonamides is 1. The fourth-order valence-electron chi connectivity index (χ4n) is 2.62. The number of nitrogens with one attached hydrogen (secondary N) is 1. The molecule has 2 heterocycles. The quantitative estimate of drug-likeness (QED) is 0.774. The van der Waals surface area contributed by atoms with E-state index in [1.165, 1.54) is 6.20 Å². The number of nitrogens with zero attached hydrogens (tertiary/aromatic N) is 4. The molecule has 7 nitrogen and oxygen atoms in total. The topological polar surface area (TPSA) is 70.5 Å². The second-order valence-electron chi connectivity index (χ2n) is 5.70. The van der Waals surface area contributed by atoms with Gasteiger partial charge in [0, 0.05) is 51.5 Å². The number of hydrogen-bond acceptors (Lipinski definition) is 5. The fourth-order valence-corrected chi connectivity index (χ4v) is 3.69. The Morgan fingerprint density at radius 3 is 2.45 bits per heavy atom. The van der Waals surface area contributed by atoms with Crippen molar-refractivity contribution in [1.29, 1.82) is 0 Å². The second-order valence-corrected chi connectivity index (χ2v) is 7.47. The molecule has 0 bridgehead atoms. The summed E-state index contributed by atoms with van der Waals surface area (Å²) in [5.74, 6) is 0. The molecule has 1 fully saturated rings. The van der Waals surface area contributed by atoms with Gasteiger partial charge in [0.15, 0.2) is 0 Å². The predicted octanol–water partition coefficient (Wildman–Crippen LogP) is 0.207. The smallest absolute Gasteiger partial charge is 0.243 e. The molecule has 1 atom stereocenters. The largest absolute Gasteiger partial charge is 0.301 e. The average molecular weight is 329 g/mol. The summed E-state index contributed by atoms with van der Waals surface area (Å²) >= 11 is 0. The maximum atomic E-state index is 12.3. The highest BCUT2D eigenvalue weighted by molar-refractivity contribution is 7.89. The van der Waals surface area contributed by atoms with E-state index in [-0.39, 0.29) is 10.9 Å². The molecule has 1 aromatic heterocycles. The Kier molecular flexibility index (Phi) is 5.96. The predicted molar refractivity (Wildman–Crippen MR) is 86.2 cm³/mol. The van der Waals surface area contributed by atoms with Crippen LogP contribution in [0.1, 0.15) is 20.8 Å². The van der Waals surface area contributed by atoms with Gasteiger partial charge in [-0.1, -0.05) is 6.92 Å². The molecule has 8 heteroatoms. The van der Waals surface area contributed by atoms with E-state index in [1.54, 1.807) is 10.9 Å². The molecule has 1 N–H and O–H groups in total. The molecule has 22 heavy (non-hydrogen) atoms. The first-order chi connectivity index (χ1) is 10.5. The third kappa shape index (κ3) is 4.28. The van der Waals surface area contributed by atoms with Crippen molar-refractivity contribution in [1.82, 2.24) is 24.3 Å². The lowest BCUT2D eigenvalue weighted by Crippen LogP contribution is -2.52. The van der Waals surface area contributed by atoms with E-state index in [0.29, 0.717) is 13.1 Å². The molecule has 0 unspecified atom stereocenters. The molecule has 1 aliphatic rings. The van der Waals surface area contributed by atoms with Crippen LogP contribution in [0.15, 0.2) is 17.3 Å². The Balaban J connectivity index is 1.86. The summed E-state index contributed by atoms with van der Waals surface area (Å²) in [6, 6.07) is 0.190. The van der Waals surface area contributed by atoms with Crippen molar-refractivity contribution in [2.45, 2.75) is 38.3 Å². The molecule has 0 amide bonds. The summed E-state index contributed by atoms with van der Waals surface area (Å²) in [5, 5.41) is 4.02. The molecule has 0 aromatic carbocycles. The van der Waals surface area contributed by atoms with Crippen molar-refractivity contribution in [2.24, 2.45) is 0 Å². The molecular formula is C14H27N5O2S. The van der Waals surface area contributed by atoms with Crippen LogP contribution in [0.25, 0.3) is 0 Å². The highest BCUT2D eigenvalue weighted by atomic mass is 32.2. The SMILES string of the molecule is CCN1CCN([C@@H](C)CNS(=O)(=O)c2cnn(CC)c2)CC1. The zero-order chi connectivity index (χ0) is 16.2. The minimum atomic E-state index is -3.47. The number of hydrogen-bond donors (Lipinski definition) is 1. The Bertz CT molecular complexity index is 564. The lowest BCUT2D eigenvalue weighted by molar-refractivity contribution is 0.107. The van der Waals surface area contributed by atoms with E-state index in [0.717, 1.165) is 32.7 Å². The highest BCUT2D eigenvalue weighted by Crippen LogP contribution is 2.09. The normalized spacial score (nSPS) is 19.4. The number of aryl methyl sites for hydroxylation is 1. The first-order valence-electron chi connectivity index (χ1n) is 7.94. The molecule has 1 aliphatic heterocycles. The minimum Gasteiger partial charge on any atom is -0.301 e. The van der Waals surface area contributed by atoms with Gasteiger partial charge in [-0.25, -0.2) is 13.1 Å². The van der Waals surface area contributed by atoms with Crippen LogP contribution in [0.5, 0.6) is 0 Å². The van der Waals surface area contributed by atoms with E-state index in [2.05, 4.69) is 33.5 Å². The van der Waals surface area contributed by atoms with Gasteiger partial charge < -0.3 is 4.90 Å². The Hall–Kier alpha value is -0.960. The van der Waals surface area contributed by atoms with Crippen molar-refractivity contribution < 1.29 is 8.42 Å². The molecule has 0 saturated carbocycles. The average Bonchev–Trinajstić information content (AvgIpc) is 3.03. The summed E-state index contributed by atoms with van der Waals surface area (Å²) in [6.07, 6.45) is 2.96. The maximum absolute atomic E-state index is 12.3. The van der Waals surface area contributed by atoms with Gasteiger partial charge in [-0.3, -0.25) is 9.58 Å². The molecule has 2 rings (SSSR count). The van der Waals surface area contributed by atoms with Crippen molar-refractivity contribution >= 4 is 10.0 Å². The van der Waals surface area contributed by atoms with Crippen molar-refractivity contribution in [3.8, 4) is 0 Å². The van der Waals surface area contributed by atoms with Crippen LogP contribution < -0.4 is 4.72 Å². The molecular weight excluding hydrogens is 302 g/mol. The number of likely N-dealkylation sites (N-methyl/N-ethyl adjacent to an activating group) is 1. The van der Waals surface area contributed by atoms with Gasteiger partial charge in [0.2, 0.25) is 10.0 Å². The van der Waals surface area contributed by atoms with Gasteiger partial charge in [-0.05, 0) is 20.4 Å². The lowest BCUT2D eigenvalue weighted by Gasteiger charge is -2.37. The van der Waals surface area contributed by atoms with E-state index in [4.69, 9.17) is 0 Å². The Morgan fingerprint density at radius 1 is 1.23 bits per heavy atom. The maximum Gasteiger partial charge on any atom is 0.243 e. The number of piperazine rings is 1. The van der Waals surface area contributed by atoms with Crippen LogP contribution in [0.2, 0.25) is 0 Å². The van der Waals surface area contributed by atoms with E-state index in [9.17, 15) is 8.42 Å². The monoisotopic (exact) mass is 329 g/mol. The van der Waals surface area contributed by atoms with E-state index < -0.39 is 10.0 Å². The number of rotatable bonds is 7. The van der Waals surface area contributed by atoms with Gasteiger partial charge in [-0.2, -0.15) is 5.10 Å². The zero-order valence-electron chi connectivity index (χ0n) is 13.7. The molecule has 1 saturated heterocycles. The van der Waals surface area contributed by atoms with Gasteiger partial charge in [0.05, 0.1) is 6.20 Å². The molecule has 0 spiro atoms. The van der Waals surface area contributed by atoms with Crippen LogP contribution >= 0.6 is 0 Å². The van der Waals surface area contributed by atoms with Crippen LogP contribution in [0.3, 0.4) is 0 Å². The summed E-state index contributed by atoms with van der Waals surface area (Å²) in [4.78, 5) is 4.98. The highest BCUT2D eigenvalue weighted by Gasteiger charge is 2.22. The Morgan fingerprint density at radius 2 is 1.91 bits per heavy atom. The first kappa shape index (κ1) is 17.4. The van der Waals surface area contributed by atoms with Crippen LogP contribution in [-0.4, -0.2) is 73.3 Å². The van der Waals surface area contributed by atoms with Crippen molar-refractivity contribution in [2.75, 3.05) is 39.3 Å². The van der Waals surface area contributed by atoms with Gasteiger partial charge in [-0.15, -0.1) is 0 Å². The summed E-state index contributed by atoms with van der Waals surface area (Å²) in [7, 11) is -3.47. The third-order valence-corrected chi connectivity index (χ3v) is 5.67. The third-order valence-electron chi connectivity index (χ3n) is 4.29. The zero-order valence-corrected chi connectivity index (χ0v) is 14.5. The van der Waals surface area contributed by atoms with Gasteiger partial charge in [0.25, 0.3) is 0 Å². The molecule has 126 valence electrons. The van der Waals surface area contributed by atoms with Crippen molar-refractivity contribution in [3.63, 3.8) is 0 Å². The van der Waals surface area contributed by atoms with Crippen LogP contribution in [0.4, 0.5) is 0 Å². The lowest BCUT2D eigenvalue weighted by atomic mass is 10.2. The summed E-state index contributed by atoms with van der Waals surface area (Å²) in [5.41, 5.74) is 0. The van der Waals surface area contributed by atoms with Crippen LogP contribution in [-0.2, 0) is 16.6 Å². The standard InChI is InChI=1S/C14H27N5O2S/c1-4-17-6-8-18(9-7-17)13(3)10-16-22(20,21)14-11-15-19(5-2)12-14/h11-13,16H,4-10H2,1-3H3/t13-/m0/s1. The van der Waals surface area contributed by atoms with E-state index in [1.807, 2.05) is 6.92 Å². The van der Waals surface area contributed by atoms with E-state index >= 15 is 0 Å². The molecule has 1 aromatic rings. The molecule has 0 radical (unpaired) electrons. The summed E-state index contributed by atoms with van der Waals surface area (Å²) in [6.45, 7) is 12.4. The van der Waals surface area contributed by atoms with Gasteiger partial charge in [0.1, 0.15) is 4.90 Å².